The Labute approximate surface area is 295 Å². The highest BCUT2D eigenvalue weighted by Crippen LogP contribution is 2.77. The number of carbonyl (C=O) groups excluding carboxylic acids is 3. The molecule has 51 heavy (non-hydrogen) atoms. The Morgan fingerprint density at radius 3 is 2.45 bits per heavy atom. The zero-order chi connectivity index (χ0) is 37.2. The van der Waals surface area contributed by atoms with Gasteiger partial charge in [-0.15, -0.1) is 0 Å². The van der Waals surface area contributed by atoms with E-state index in [1.807, 2.05) is 13.8 Å². The summed E-state index contributed by atoms with van der Waals surface area (Å²) < 4.78 is 29.6. The van der Waals surface area contributed by atoms with Gasteiger partial charge in [0.15, 0.2) is 18.2 Å². The summed E-state index contributed by atoms with van der Waals surface area (Å²) in [5.74, 6) is -3.52. The van der Waals surface area contributed by atoms with Crippen LogP contribution in [0, 0.1) is 28.6 Å². The van der Waals surface area contributed by atoms with E-state index in [-0.39, 0.29) is 37.2 Å². The lowest BCUT2D eigenvalue weighted by atomic mass is 9.41. The van der Waals surface area contributed by atoms with Crippen LogP contribution in [0.4, 0.5) is 0 Å². The molecule has 17 atom stereocenters. The molecule has 15 nitrogen and oxygen atoms in total. The zero-order valence-corrected chi connectivity index (χ0v) is 29.4. The maximum atomic E-state index is 13.6. The van der Waals surface area contributed by atoms with Gasteiger partial charge in [-0.2, -0.15) is 0 Å². The summed E-state index contributed by atoms with van der Waals surface area (Å²) in [5, 5.41) is 76.8. The Kier molecular flexibility index (Phi) is 8.78. The second-order valence-corrected chi connectivity index (χ2v) is 16.3. The van der Waals surface area contributed by atoms with Crippen LogP contribution in [0.1, 0.15) is 66.7 Å². The summed E-state index contributed by atoms with van der Waals surface area (Å²) in [6.45, 7) is 7.30. The number of ketones is 1. The number of allylic oxidation sites excluding steroid dienone is 1. The first-order chi connectivity index (χ1) is 23.8. The molecule has 0 aromatic rings. The molecule has 5 fully saturated rings. The topological polar surface area (TPSA) is 242 Å². The monoisotopic (exact) mass is 722 g/mol. The molecule has 3 heterocycles. The lowest BCUT2D eigenvalue weighted by molar-refractivity contribution is -0.299. The maximum Gasteiger partial charge on any atom is 0.334 e. The Balaban J connectivity index is 1.18. The number of rotatable bonds is 7. The highest BCUT2D eigenvalue weighted by Gasteiger charge is 2.90. The van der Waals surface area contributed by atoms with Crippen molar-refractivity contribution in [1.29, 1.82) is 0 Å². The lowest BCUT2D eigenvalue weighted by Crippen LogP contribution is -2.75. The van der Waals surface area contributed by atoms with E-state index in [0.29, 0.717) is 18.4 Å². The van der Waals surface area contributed by atoms with Crippen molar-refractivity contribution in [3.05, 3.63) is 23.3 Å². The normalized spacial score (nSPS) is 52.3. The summed E-state index contributed by atoms with van der Waals surface area (Å²) in [4.78, 5) is 39.5. The molecule has 0 aromatic heterocycles. The van der Waals surface area contributed by atoms with Crippen LogP contribution in [0.5, 0.6) is 0 Å². The van der Waals surface area contributed by atoms with Gasteiger partial charge in [-0.25, -0.2) is 4.79 Å². The van der Waals surface area contributed by atoms with Crippen LogP contribution in [0.2, 0.25) is 0 Å². The molecule has 3 aliphatic heterocycles. The van der Waals surface area contributed by atoms with Gasteiger partial charge in [0.2, 0.25) is 0 Å². The molecular weight excluding hydrogens is 672 g/mol. The zero-order valence-electron chi connectivity index (χ0n) is 29.4. The summed E-state index contributed by atoms with van der Waals surface area (Å²) in [6.07, 6.45) is -7.67. The molecular formula is C36H50O15. The molecule has 0 spiro atoms. The van der Waals surface area contributed by atoms with Gasteiger partial charge in [0.05, 0.1) is 24.7 Å². The van der Waals surface area contributed by atoms with Crippen LogP contribution in [-0.2, 0) is 38.1 Å². The van der Waals surface area contributed by atoms with Crippen LogP contribution < -0.4 is 0 Å². The molecule has 284 valence electrons. The fourth-order valence-corrected chi connectivity index (χ4v) is 11.3. The molecule has 0 radical (unpaired) electrons. The van der Waals surface area contributed by atoms with Gasteiger partial charge in [0.1, 0.15) is 53.4 Å². The average Bonchev–Trinajstić information content (AvgIpc) is 3.81. The van der Waals surface area contributed by atoms with Gasteiger partial charge in [-0.3, -0.25) is 9.59 Å². The third-order valence-corrected chi connectivity index (χ3v) is 14.4. The third-order valence-electron chi connectivity index (χ3n) is 14.4. The summed E-state index contributed by atoms with van der Waals surface area (Å²) in [6, 6.07) is 0. The molecule has 7 N–H and O–H groups in total. The van der Waals surface area contributed by atoms with Crippen molar-refractivity contribution in [2.24, 2.45) is 28.6 Å². The summed E-state index contributed by atoms with van der Waals surface area (Å²) in [7, 11) is 0. The number of esters is 2. The molecule has 0 amide bonds. The van der Waals surface area contributed by atoms with Crippen LogP contribution in [0.25, 0.3) is 0 Å². The van der Waals surface area contributed by atoms with E-state index in [1.165, 1.54) is 13.0 Å². The second-order valence-electron chi connectivity index (χ2n) is 16.3. The highest BCUT2D eigenvalue weighted by atomic mass is 16.7. The van der Waals surface area contributed by atoms with Crippen LogP contribution in [0.15, 0.2) is 23.3 Å². The molecule has 15 heteroatoms. The first-order valence-corrected chi connectivity index (χ1v) is 17.9. The lowest BCUT2D eigenvalue weighted by Gasteiger charge is -2.66. The molecule has 3 saturated carbocycles. The predicted molar refractivity (Wildman–Crippen MR) is 171 cm³/mol. The number of ether oxygens (including phenoxy) is 5. The largest absolute Gasteiger partial charge is 0.458 e. The van der Waals surface area contributed by atoms with Crippen molar-refractivity contribution in [3.63, 3.8) is 0 Å². The number of epoxide rings is 1. The van der Waals surface area contributed by atoms with E-state index in [2.05, 4.69) is 0 Å². The quantitative estimate of drug-likeness (QED) is 0.123. The molecule has 0 aromatic carbocycles. The van der Waals surface area contributed by atoms with E-state index in [9.17, 15) is 50.1 Å². The van der Waals surface area contributed by atoms with Crippen molar-refractivity contribution in [2.75, 3.05) is 13.2 Å². The second kappa shape index (κ2) is 12.1. The first kappa shape index (κ1) is 37.0. The first-order valence-electron chi connectivity index (χ1n) is 17.9. The minimum atomic E-state index is -1.80. The Morgan fingerprint density at radius 2 is 1.78 bits per heavy atom. The van der Waals surface area contributed by atoms with Gasteiger partial charge >= 0.3 is 11.9 Å². The van der Waals surface area contributed by atoms with Crippen LogP contribution >= 0.6 is 0 Å². The van der Waals surface area contributed by atoms with Gasteiger partial charge in [-0.1, -0.05) is 19.9 Å². The van der Waals surface area contributed by atoms with Gasteiger partial charge < -0.3 is 59.4 Å². The number of carbonyl (C=O) groups is 3. The summed E-state index contributed by atoms with van der Waals surface area (Å²) in [5.41, 5.74) is -6.46. The molecule has 0 bridgehead atoms. The van der Waals surface area contributed by atoms with Crippen molar-refractivity contribution in [1.82, 2.24) is 0 Å². The van der Waals surface area contributed by atoms with E-state index in [0.717, 1.165) is 0 Å². The highest BCUT2D eigenvalue weighted by molar-refractivity contribution is 5.97. The van der Waals surface area contributed by atoms with Crippen molar-refractivity contribution >= 4 is 17.7 Å². The van der Waals surface area contributed by atoms with Gasteiger partial charge in [-0.05, 0) is 63.0 Å². The molecule has 4 aliphatic carbocycles. The van der Waals surface area contributed by atoms with Crippen molar-refractivity contribution < 1.29 is 73.8 Å². The van der Waals surface area contributed by atoms with E-state index < -0.39 is 119 Å². The Morgan fingerprint density at radius 1 is 1.08 bits per heavy atom. The minimum Gasteiger partial charge on any atom is -0.458 e. The van der Waals surface area contributed by atoms with Crippen molar-refractivity contribution in [3.8, 4) is 0 Å². The standard InChI is InChI=1S/C36H50O15/c1-15-18(14-47-31-27(43)26(42)25(41)22(13-37)50-31)11-21(49-30(15)44)16(2)36-29(51-36)28(48-17(3)38)35(46)20-12-24(40)34(45)9-6-7-23(39)33(34,5)19(20)8-10-32(35,36)4/h6-7,16,19-22,24-29,31,37,40-43,45-46H,8-14H2,1-5H3/t16-,19+,20-,21-,22-,24-,25-,26+,27-,28+,29+,31-,32+,33+,34+,35-,36+/m1/s1. The number of aliphatic hydroxyl groups excluding tert-OH is 5. The SMILES string of the molecule is CC(=O)O[C@H]1[C@@H]2O[C@]2([C@H](C)[C@H]2CC(CO[C@@H]3O[C@H](CO)[C@@H](O)[C@H](O)[C@H]3O)=C(C)C(=O)O2)[C@@]2(C)CC[C@H]3[C@@H](C[C@@H](O)[C@@]4(O)CC=CC(=O)[C@]34C)[C@@]12O. The van der Waals surface area contributed by atoms with E-state index >= 15 is 0 Å². The Bertz CT molecular complexity index is 1540. The van der Waals surface area contributed by atoms with E-state index in [4.69, 9.17) is 23.7 Å². The van der Waals surface area contributed by atoms with Gasteiger partial charge in [0, 0.05) is 30.3 Å². The maximum absolute atomic E-state index is 13.6. The smallest absolute Gasteiger partial charge is 0.334 e. The number of fused-ring (bicyclic) bond motifs is 7. The minimum absolute atomic E-state index is 0.0430. The van der Waals surface area contributed by atoms with Gasteiger partial charge in [0.25, 0.3) is 0 Å². The van der Waals surface area contributed by atoms with Crippen LogP contribution in [-0.4, -0.2) is 139 Å². The van der Waals surface area contributed by atoms with Crippen molar-refractivity contribution in [2.45, 2.75) is 139 Å². The predicted octanol–water partition coefficient (Wildman–Crippen LogP) is -1.05. The molecule has 7 rings (SSSR count). The fraction of sp³-hybridized carbons (Fsp3) is 0.806. The number of aliphatic hydroxyl groups is 7. The molecule has 0 unspecified atom stereocenters. The number of hydrogen-bond acceptors (Lipinski definition) is 15. The van der Waals surface area contributed by atoms with Crippen LogP contribution in [0.3, 0.4) is 0 Å². The Hall–Kier alpha value is -2.31. The molecule has 7 aliphatic rings. The number of cyclic esters (lactones) is 1. The van der Waals surface area contributed by atoms with E-state index in [1.54, 1.807) is 19.9 Å². The number of hydrogen-bond donors (Lipinski definition) is 7. The third kappa shape index (κ3) is 4.69. The fourth-order valence-electron chi connectivity index (χ4n) is 11.3. The summed E-state index contributed by atoms with van der Waals surface area (Å²) >= 11 is 0. The molecule has 2 saturated heterocycles. The average molecular weight is 723 g/mol.